The molecule has 2 aromatic rings. The van der Waals surface area contributed by atoms with Crippen LogP contribution in [0.15, 0.2) is 54.6 Å². The predicted octanol–water partition coefficient (Wildman–Crippen LogP) is 4.13. The Bertz CT molecular complexity index is 935. The van der Waals surface area contributed by atoms with Crippen LogP contribution in [0.3, 0.4) is 0 Å². The third-order valence-electron chi connectivity index (χ3n) is 7.02. The first-order valence-electron chi connectivity index (χ1n) is 12.4. The summed E-state index contributed by atoms with van der Waals surface area (Å²) in [7, 11) is 0. The van der Waals surface area contributed by atoms with Gasteiger partial charge in [0.2, 0.25) is 5.91 Å². The zero-order valence-electron chi connectivity index (χ0n) is 20.0. The van der Waals surface area contributed by atoms with E-state index in [1.165, 1.54) is 18.4 Å². The van der Waals surface area contributed by atoms with Crippen LogP contribution >= 0.6 is 0 Å². The van der Waals surface area contributed by atoms with Crippen molar-refractivity contribution in [3.63, 3.8) is 0 Å². The number of nitrogens with zero attached hydrogens (tertiary/aromatic N) is 2. The number of carbonyl (C=O) groups is 2. The van der Waals surface area contributed by atoms with Crippen LogP contribution in [0.2, 0.25) is 0 Å². The standard InChI is InChI=1S/C28H37N3O2/c1-21(2)18-26(31-20-24-10-6-7-11-25(24)28(31)33)27(32)29-14-17-30-15-12-23(13-16-30)19-22-8-4-3-5-9-22/h3-11,21,23,26H,12-20H2,1-2H3,(H,29,32). The molecule has 0 radical (unpaired) electrons. The number of nitrogens with one attached hydrogen (secondary N) is 1. The fourth-order valence-electron chi connectivity index (χ4n) is 5.17. The van der Waals surface area contributed by atoms with Crippen LogP contribution in [0.25, 0.3) is 0 Å². The van der Waals surface area contributed by atoms with Crippen molar-refractivity contribution < 1.29 is 9.59 Å². The van der Waals surface area contributed by atoms with E-state index in [2.05, 4.69) is 54.4 Å². The van der Waals surface area contributed by atoms with E-state index in [9.17, 15) is 9.59 Å². The van der Waals surface area contributed by atoms with E-state index in [4.69, 9.17) is 0 Å². The van der Waals surface area contributed by atoms with Gasteiger partial charge in [0.05, 0.1) is 0 Å². The number of amides is 2. The Balaban J connectivity index is 1.24. The van der Waals surface area contributed by atoms with Crippen LogP contribution in [0.5, 0.6) is 0 Å². The van der Waals surface area contributed by atoms with Gasteiger partial charge in [0.1, 0.15) is 6.04 Å². The highest BCUT2D eigenvalue weighted by atomic mass is 16.2. The summed E-state index contributed by atoms with van der Waals surface area (Å²) in [5.41, 5.74) is 3.18. The minimum Gasteiger partial charge on any atom is -0.353 e. The summed E-state index contributed by atoms with van der Waals surface area (Å²) in [6.07, 6.45) is 4.25. The molecule has 0 bridgehead atoms. The third kappa shape index (κ3) is 6.02. The van der Waals surface area contributed by atoms with Crippen LogP contribution in [0, 0.1) is 11.8 Å². The van der Waals surface area contributed by atoms with E-state index in [0.717, 1.165) is 43.1 Å². The maximum absolute atomic E-state index is 13.1. The largest absolute Gasteiger partial charge is 0.353 e. The van der Waals surface area contributed by atoms with Crippen molar-refractivity contribution in [3.05, 3.63) is 71.3 Å². The fourth-order valence-corrected chi connectivity index (χ4v) is 5.17. The van der Waals surface area contributed by atoms with E-state index in [0.29, 0.717) is 25.4 Å². The second-order valence-electron chi connectivity index (χ2n) is 10.0. The number of hydrogen-bond acceptors (Lipinski definition) is 3. The molecule has 1 unspecified atom stereocenters. The third-order valence-corrected chi connectivity index (χ3v) is 7.02. The summed E-state index contributed by atoms with van der Waals surface area (Å²) in [5, 5.41) is 3.14. The lowest BCUT2D eigenvalue weighted by molar-refractivity contribution is -0.126. The molecule has 1 saturated heterocycles. The first-order chi connectivity index (χ1) is 16.0. The highest BCUT2D eigenvalue weighted by molar-refractivity contribution is 6.01. The molecule has 5 nitrogen and oxygen atoms in total. The highest BCUT2D eigenvalue weighted by Crippen LogP contribution is 2.27. The second kappa shape index (κ2) is 11.0. The van der Waals surface area contributed by atoms with Gasteiger partial charge in [-0.05, 0) is 67.8 Å². The lowest BCUT2D eigenvalue weighted by atomic mass is 9.90. The number of likely N-dealkylation sites (tertiary alicyclic amines) is 1. The first kappa shape index (κ1) is 23.5. The smallest absolute Gasteiger partial charge is 0.255 e. The van der Waals surface area contributed by atoms with Crippen molar-refractivity contribution in [2.45, 2.75) is 52.1 Å². The van der Waals surface area contributed by atoms with Gasteiger partial charge in [0.15, 0.2) is 0 Å². The van der Waals surface area contributed by atoms with E-state index in [1.807, 2.05) is 24.3 Å². The maximum Gasteiger partial charge on any atom is 0.255 e. The van der Waals surface area contributed by atoms with Crippen molar-refractivity contribution in [3.8, 4) is 0 Å². The predicted molar refractivity (Wildman–Crippen MR) is 132 cm³/mol. The minimum atomic E-state index is -0.415. The van der Waals surface area contributed by atoms with Gasteiger partial charge in [-0.1, -0.05) is 62.4 Å². The van der Waals surface area contributed by atoms with Gasteiger partial charge in [-0.3, -0.25) is 9.59 Å². The van der Waals surface area contributed by atoms with Gasteiger partial charge >= 0.3 is 0 Å². The topological polar surface area (TPSA) is 52.7 Å². The number of benzene rings is 2. The van der Waals surface area contributed by atoms with Crippen molar-refractivity contribution in [2.75, 3.05) is 26.2 Å². The Morgan fingerprint density at radius 3 is 2.42 bits per heavy atom. The molecular formula is C28H37N3O2. The lowest BCUT2D eigenvalue weighted by Crippen LogP contribution is -2.49. The summed E-state index contributed by atoms with van der Waals surface area (Å²) < 4.78 is 0. The van der Waals surface area contributed by atoms with Gasteiger partial charge in [-0.2, -0.15) is 0 Å². The summed E-state index contributed by atoms with van der Waals surface area (Å²) in [6, 6.07) is 18.0. The second-order valence-corrected chi connectivity index (χ2v) is 10.0. The highest BCUT2D eigenvalue weighted by Gasteiger charge is 2.36. The summed E-state index contributed by atoms with van der Waals surface area (Å²) in [4.78, 5) is 30.3. The van der Waals surface area contributed by atoms with Crippen LogP contribution in [-0.4, -0.2) is 53.8 Å². The van der Waals surface area contributed by atoms with Gasteiger partial charge in [0, 0.05) is 25.2 Å². The molecule has 2 amide bonds. The molecular weight excluding hydrogens is 410 g/mol. The van der Waals surface area contributed by atoms with Gasteiger partial charge in [0.25, 0.3) is 5.91 Å². The fraction of sp³-hybridized carbons (Fsp3) is 0.500. The monoisotopic (exact) mass is 447 g/mol. The Hall–Kier alpha value is -2.66. The number of fused-ring (bicyclic) bond motifs is 1. The summed E-state index contributed by atoms with van der Waals surface area (Å²) in [5.74, 6) is 1.04. The van der Waals surface area contributed by atoms with Crippen molar-refractivity contribution in [1.29, 1.82) is 0 Å². The van der Waals surface area contributed by atoms with Crippen molar-refractivity contribution >= 4 is 11.8 Å². The SMILES string of the molecule is CC(C)CC(C(=O)NCCN1CCC(Cc2ccccc2)CC1)N1Cc2ccccc2C1=O. The van der Waals surface area contributed by atoms with Crippen LogP contribution in [-0.2, 0) is 17.8 Å². The van der Waals surface area contributed by atoms with E-state index < -0.39 is 6.04 Å². The molecule has 2 aliphatic rings. The molecule has 0 aliphatic carbocycles. The minimum absolute atomic E-state index is 0.0214. The number of rotatable bonds is 9. The molecule has 2 aliphatic heterocycles. The van der Waals surface area contributed by atoms with Crippen LogP contribution in [0.1, 0.15) is 54.6 Å². The van der Waals surface area contributed by atoms with Crippen molar-refractivity contribution in [2.24, 2.45) is 11.8 Å². The van der Waals surface area contributed by atoms with Crippen LogP contribution in [0.4, 0.5) is 0 Å². The molecule has 0 saturated carbocycles. The Kier molecular flexibility index (Phi) is 7.81. The Morgan fingerprint density at radius 2 is 1.73 bits per heavy atom. The number of carbonyl (C=O) groups excluding carboxylic acids is 2. The van der Waals surface area contributed by atoms with Gasteiger partial charge < -0.3 is 15.1 Å². The van der Waals surface area contributed by atoms with Gasteiger partial charge in [-0.15, -0.1) is 0 Å². The average molecular weight is 448 g/mol. The Labute approximate surface area is 198 Å². The maximum atomic E-state index is 13.1. The molecule has 176 valence electrons. The first-order valence-corrected chi connectivity index (χ1v) is 12.4. The zero-order chi connectivity index (χ0) is 23.2. The summed E-state index contributed by atoms with van der Waals surface area (Å²) >= 11 is 0. The van der Waals surface area contributed by atoms with E-state index in [1.54, 1.807) is 4.90 Å². The zero-order valence-corrected chi connectivity index (χ0v) is 20.0. The van der Waals surface area contributed by atoms with E-state index in [-0.39, 0.29) is 11.8 Å². The normalized spacial score (nSPS) is 17.9. The molecule has 5 heteroatoms. The number of hydrogen-bond donors (Lipinski definition) is 1. The van der Waals surface area contributed by atoms with Gasteiger partial charge in [-0.25, -0.2) is 0 Å². The van der Waals surface area contributed by atoms with Crippen LogP contribution < -0.4 is 5.32 Å². The molecule has 0 spiro atoms. The number of piperidine rings is 1. The molecule has 4 rings (SSSR count). The quantitative estimate of drug-likeness (QED) is 0.629. The molecule has 2 heterocycles. The molecule has 1 N–H and O–H groups in total. The van der Waals surface area contributed by atoms with E-state index >= 15 is 0 Å². The van der Waals surface area contributed by atoms with Crippen molar-refractivity contribution in [1.82, 2.24) is 15.1 Å². The Morgan fingerprint density at radius 1 is 1.03 bits per heavy atom. The molecule has 33 heavy (non-hydrogen) atoms. The molecule has 2 aromatic carbocycles. The molecule has 1 fully saturated rings. The molecule has 0 aromatic heterocycles. The lowest BCUT2D eigenvalue weighted by Gasteiger charge is -2.32. The average Bonchev–Trinajstić information content (AvgIpc) is 3.15. The molecule has 1 atom stereocenters. The summed E-state index contributed by atoms with van der Waals surface area (Å²) in [6.45, 7) is 8.40.